The van der Waals surface area contributed by atoms with E-state index < -0.39 is 17.7 Å². The Hall–Kier alpha value is -4.47. The predicted octanol–water partition coefficient (Wildman–Crippen LogP) is 3.66. The Morgan fingerprint density at radius 2 is 1.68 bits per heavy atom. The number of aromatic nitrogens is 3. The molecule has 0 spiro atoms. The van der Waals surface area contributed by atoms with E-state index in [4.69, 9.17) is 15.7 Å². The average molecular weight is 508 g/mol. The third-order valence-corrected chi connectivity index (χ3v) is 5.83. The van der Waals surface area contributed by atoms with Crippen molar-refractivity contribution in [2.75, 3.05) is 11.9 Å². The van der Waals surface area contributed by atoms with Crippen molar-refractivity contribution < 1.29 is 18.8 Å². The minimum atomic E-state index is -0.756. The number of halogens is 1. The molecule has 4 aromatic rings. The lowest BCUT2D eigenvalue weighted by Gasteiger charge is -2.18. The Morgan fingerprint density at radius 1 is 0.947 bits per heavy atom. The first-order valence-corrected chi connectivity index (χ1v) is 11.9. The van der Waals surface area contributed by atoms with Crippen molar-refractivity contribution in [3.63, 3.8) is 0 Å². The molecule has 3 heterocycles. The number of pyridine rings is 2. The molecule has 12 heteroatoms. The van der Waals surface area contributed by atoms with Gasteiger partial charge in [0.15, 0.2) is 19.5 Å². The van der Waals surface area contributed by atoms with E-state index in [-0.39, 0.29) is 18.1 Å². The zero-order chi connectivity index (χ0) is 27.1. The van der Waals surface area contributed by atoms with Gasteiger partial charge in [0.05, 0.1) is 5.69 Å². The molecular weight excluding hydrogens is 485 g/mol. The summed E-state index contributed by atoms with van der Waals surface area (Å²) in [4.78, 5) is 46.9. The summed E-state index contributed by atoms with van der Waals surface area (Å²) in [5.74, 6) is -1.81. The van der Waals surface area contributed by atoms with Crippen LogP contribution in [0.5, 0.6) is 0 Å². The standard InChI is InChI=1S/C26H23B2FN6O3/c27-25(37)31-11-1-2-18(32-26(28)38)14-21(36)33-20-8-7-19-22(15-9-12-30-13-10-15)23(35-24(19)34-20)16-3-5-17(29)6-4-16/h3-10,12-13,18H,1-2,11,14H2,(H,31,37)(H,32,38)(H2,33,34,35,36)/t18-/m0/s1. The topological polar surface area (TPSA) is 129 Å². The molecule has 3 amide bonds. The first kappa shape index (κ1) is 26.6. The van der Waals surface area contributed by atoms with E-state index in [9.17, 15) is 18.8 Å². The molecule has 0 unspecified atom stereocenters. The number of benzene rings is 1. The summed E-state index contributed by atoms with van der Waals surface area (Å²) in [6.45, 7) is 0.301. The quantitative estimate of drug-likeness (QED) is 0.192. The molecule has 1 aromatic carbocycles. The van der Waals surface area contributed by atoms with Crippen LogP contribution < -0.4 is 16.0 Å². The van der Waals surface area contributed by atoms with Gasteiger partial charge in [0.2, 0.25) is 13.8 Å². The molecule has 1 atom stereocenters. The Kier molecular flexibility index (Phi) is 8.52. The molecule has 0 aliphatic carbocycles. The Balaban J connectivity index is 1.56. The third-order valence-electron chi connectivity index (χ3n) is 5.83. The molecule has 38 heavy (non-hydrogen) atoms. The van der Waals surface area contributed by atoms with Crippen molar-refractivity contribution in [1.29, 1.82) is 0 Å². The van der Waals surface area contributed by atoms with Crippen LogP contribution in [0.15, 0.2) is 60.9 Å². The van der Waals surface area contributed by atoms with Gasteiger partial charge < -0.3 is 20.9 Å². The highest BCUT2D eigenvalue weighted by Gasteiger charge is 2.18. The van der Waals surface area contributed by atoms with E-state index in [2.05, 4.69) is 30.9 Å². The summed E-state index contributed by atoms with van der Waals surface area (Å²) in [5.41, 5.74) is 3.81. The van der Waals surface area contributed by atoms with Gasteiger partial charge in [0.1, 0.15) is 17.3 Å². The zero-order valence-corrected chi connectivity index (χ0v) is 20.3. The first-order chi connectivity index (χ1) is 18.3. The number of anilines is 1. The number of nitrogens with one attached hydrogen (secondary N) is 4. The summed E-state index contributed by atoms with van der Waals surface area (Å²) in [5, 5.41) is 8.56. The summed E-state index contributed by atoms with van der Waals surface area (Å²) in [6.07, 6.45) is 4.21. The third kappa shape index (κ3) is 6.84. The smallest absolute Gasteiger partial charge is 0.227 e. The molecule has 0 aliphatic rings. The number of fused-ring (bicyclic) bond motifs is 1. The fourth-order valence-corrected chi connectivity index (χ4v) is 4.20. The maximum absolute atomic E-state index is 13.6. The number of amides is 3. The summed E-state index contributed by atoms with van der Waals surface area (Å²) < 4.78 is 13.6. The van der Waals surface area contributed by atoms with Gasteiger partial charge in [-0.25, -0.2) is 9.37 Å². The molecule has 0 aliphatic heterocycles. The van der Waals surface area contributed by atoms with Crippen molar-refractivity contribution in [1.82, 2.24) is 25.6 Å². The number of aromatic amines is 1. The highest BCUT2D eigenvalue weighted by atomic mass is 19.1. The van der Waals surface area contributed by atoms with Crippen molar-refractivity contribution in [2.45, 2.75) is 25.3 Å². The van der Waals surface area contributed by atoms with Gasteiger partial charge in [-0.3, -0.25) is 19.4 Å². The molecule has 0 saturated carbocycles. The van der Waals surface area contributed by atoms with Gasteiger partial charge in [-0.2, -0.15) is 0 Å². The van der Waals surface area contributed by atoms with E-state index in [1.807, 2.05) is 18.2 Å². The predicted molar refractivity (Wildman–Crippen MR) is 144 cm³/mol. The van der Waals surface area contributed by atoms with Crippen LogP contribution in [-0.2, 0) is 4.79 Å². The number of rotatable bonds is 10. The molecule has 4 radical (unpaired) electrons. The van der Waals surface area contributed by atoms with E-state index in [0.717, 1.165) is 27.8 Å². The van der Waals surface area contributed by atoms with Crippen LogP contribution in [0.1, 0.15) is 19.3 Å². The lowest BCUT2D eigenvalue weighted by Crippen LogP contribution is -2.37. The highest BCUT2D eigenvalue weighted by Crippen LogP contribution is 2.38. The minimum Gasteiger partial charge on any atom is -0.366 e. The van der Waals surface area contributed by atoms with Crippen LogP contribution in [0.4, 0.5) is 19.8 Å². The fourth-order valence-electron chi connectivity index (χ4n) is 4.20. The van der Waals surface area contributed by atoms with Crippen LogP contribution in [-0.4, -0.2) is 60.8 Å². The molecule has 0 saturated heterocycles. The number of hydrogen-bond acceptors (Lipinski definition) is 5. The van der Waals surface area contributed by atoms with Crippen molar-refractivity contribution in [3.05, 3.63) is 66.7 Å². The SMILES string of the molecule is [B]C(=O)NCCC[C@@H](CC(=O)Nc1ccc2c(-c3ccncc3)c(-c3ccc(F)cc3)[nH]c2n1)NC([B])=O. The van der Waals surface area contributed by atoms with Gasteiger partial charge >= 0.3 is 0 Å². The van der Waals surface area contributed by atoms with Gasteiger partial charge in [-0.15, -0.1) is 0 Å². The monoisotopic (exact) mass is 508 g/mol. The largest absolute Gasteiger partial charge is 0.366 e. The lowest BCUT2D eigenvalue weighted by atomic mass is 10.00. The van der Waals surface area contributed by atoms with E-state index in [1.165, 1.54) is 12.1 Å². The number of H-pyrrole nitrogens is 1. The maximum Gasteiger partial charge on any atom is 0.227 e. The second-order valence-electron chi connectivity index (χ2n) is 8.60. The molecule has 188 valence electrons. The van der Waals surface area contributed by atoms with E-state index >= 15 is 0 Å². The number of hydrogen-bond donors (Lipinski definition) is 4. The Morgan fingerprint density at radius 3 is 2.37 bits per heavy atom. The molecule has 4 rings (SSSR count). The molecule has 4 N–H and O–H groups in total. The Bertz CT molecular complexity index is 1450. The lowest BCUT2D eigenvalue weighted by molar-refractivity contribution is -0.116. The normalized spacial score (nSPS) is 11.6. The van der Waals surface area contributed by atoms with Crippen LogP contribution in [0, 0.1) is 5.82 Å². The summed E-state index contributed by atoms with van der Waals surface area (Å²) in [7, 11) is 10.3. The van der Waals surface area contributed by atoms with Gasteiger partial charge in [-0.05, 0) is 72.5 Å². The van der Waals surface area contributed by atoms with Crippen LogP contribution in [0.25, 0.3) is 33.4 Å². The van der Waals surface area contributed by atoms with Gasteiger partial charge in [0, 0.05) is 42.4 Å². The summed E-state index contributed by atoms with van der Waals surface area (Å²) in [6, 6.07) is 12.8. The fraction of sp³-hybridized carbons (Fsp3) is 0.192. The highest BCUT2D eigenvalue weighted by molar-refractivity contribution is 6.57. The van der Waals surface area contributed by atoms with Crippen LogP contribution >= 0.6 is 0 Å². The van der Waals surface area contributed by atoms with Crippen molar-refractivity contribution in [2.24, 2.45) is 0 Å². The second-order valence-corrected chi connectivity index (χ2v) is 8.60. The van der Waals surface area contributed by atoms with Crippen LogP contribution in [0.3, 0.4) is 0 Å². The molecule has 0 fully saturated rings. The Labute approximate surface area is 220 Å². The second kappa shape index (κ2) is 12.2. The van der Waals surface area contributed by atoms with Crippen molar-refractivity contribution in [3.8, 4) is 22.4 Å². The molecule has 9 nitrogen and oxygen atoms in total. The van der Waals surface area contributed by atoms with E-state index in [0.29, 0.717) is 30.9 Å². The van der Waals surface area contributed by atoms with Crippen LogP contribution in [0.2, 0.25) is 0 Å². The number of nitrogens with zero attached hydrogens (tertiary/aromatic N) is 2. The maximum atomic E-state index is 13.6. The minimum absolute atomic E-state index is 0.0486. The van der Waals surface area contributed by atoms with Crippen molar-refractivity contribution >= 4 is 50.1 Å². The number of carbonyl (C=O) groups is 3. The first-order valence-electron chi connectivity index (χ1n) is 11.9. The average Bonchev–Trinajstić information content (AvgIpc) is 3.25. The zero-order valence-electron chi connectivity index (χ0n) is 20.3. The number of carbonyl (C=O) groups excluding carboxylic acids is 3. The summed E-state index contributed by atoms with van der Waals surface area (Å²) >= 11 is 0. The van der Waals surface area contributed by atoms with E-state index in [1.54, 1.807) is 30.6 Å². The molecule has 0 bridgehead atoms. The molecule has 3 aromatic heterocycles. The van der Waals surface area contributed by atoms with Gasteiger partial charge in [-0.1, -0.05) is 0 Å². The molecular formula is C26H23B2FN6O3. The van der Waals surface area contributed by atoms with Gasteiger partial charge in [0.25, 0.3) is 0 Å².